The fourth-order valence-corrected chi connectivity index (χ4v) is 5.10. The van der Waals surface area contributed by atoms with Crippen LogP contribution < -0.4 is 15.0 Å². The molecule has 0 bridgehead atoms. The van der Waals surface area contributed by atoms with E-state index in [4.69, 9.17) is 4.74 Å². The molecular formula is C29H28N2O3. The third-order valence-corrected chi connectivity index (χ3v) is 6.76. The van der Waals surface area contributed by atoms with Crippen molar-refractivity contribution in [3.8, 4) is 5.75 Å². The molecule has 34 heavy (non-hydrogen) atoms. The first-order valence-corrected chi connectivity index (χ1v) is 11.7. The summed E-state index contributed by atoms with van der Waals surface area (Å²) in [6.45, 7) is 1.86. The number of hydrogen-bond acceptors (Lipinski definition) is 4. The van der Waals surface area contributed by atoms with Gasteiger partial charge in [0.2, 0.25) is 5.91 Å². The highest BCUT2D eigenvalue weighted by molar-refractivity contribution is 6.06. The number of carbonyl (C=O) groups excluding carboxylic acids is 2. The minimum Gasteiger partial charge on any atom is -0.497 e. The van der Waals surface area contributed by atoms with E-state index in [-0.39, 0.29) is 17.6 Å². The first kappa shape index (κ1) is 22.0. The van der Waals surface area contributed by atoms with E-state index in [2.05, 4.69) is 5.32 Å². The minimum atomic E-state index is -0.468. The van der Waals surface area contributed by atoms with Gasteiger partial charge in [0.05, 0.1) is 24.5 Å². The van der Waals surface area contributed by atoms with Crippen molar-refractivity contribution in [2.24, 2.45) is 0 Å². The summed E-state index contributed by atoms with van der Waals surface area (Å²) in [6, 6.07) is 25.2. The predicted molar refractivity (Wildman–Crippen MR) is 134 cm³/mol. The zero-order chi connectivity index (χ0) is 23.7. The van der Waals surface area contributed by atoms with E-state index >= 15 is 0 Å². The standard InChI is InChI=1S/C29H28N2O3/c1-3-27(33)31-25-12-8-7-11-23(25)30-24-17-21(19-13-15-22(34-2)16-14-19)18-26(32)28(24)29(31)20-9-5-4-6-10-20/h4-16,21,29-30H,3,17-18H2,1-2H3/t21-,29+/m0/s1. The molecule has 1 N–H and O–H groups in total. The van der Waals surface area contributed by atoms with Crippen LogP contribution in [-0.4, -0.2) is 18.8 Å². The van der Waals surface area contributed by atoms with E-state index in [1.54, 1.807) is 7.11 Å². The minimum absolute atomic E-state index is 0.0121. The second kappa shape index (κ2) is 9.18. The number of benzene rings is 3. The van der Waals surface area contributed by atoms with Gasteiger partial charge in [-0.05, 0) is 47.7 Å². The maximum Gasteiger partial charge on any atom is 0.227 e. The first-order chi connectivity index (χ1) is 16.6. The number of anilines is 2. The molecule has 1 aliphatic heterocycles. The molecule has 3 aromatic carbocycles. The van der Waals surface area contributed by atoms with Gasteiger partial charge in [-0.1, -0.05) is 61.5 Å². The molecule has 2 aliphatic rings. The van der Waals surface area contributed by atoms with E-state index in [0.29, 0.717) is 24.8 Å². The average Bonchev–Trinajstić information content (AvgIpc) is 3.03. The Morgan fingerprint density at radius 1 is 0.941 bits per heavy atom. The van der Waals surface area contributed by atoms with Crippen molar-refractivity contribution in [1.82, 2.24) is 0 Å². The van der Waals surface area contributed by atoms with Crippen molar-refractivity contribution < 1.29 is 14.3 Å². The molecule has 5 heteroatoms. The molecule has 172 valence electrons. The predicted octanol–water partition coefficient (Wildman–Crippen LogP) is 6.01. The van der Waals surface area contributed by atoms with Gasteiger partial charge in [-0.3, -0.25) is 14.5 Å². The van der Waals surface area contributed by atoms with E-state index in [1.165, 1.54) is 0 Å². The lowest BCUT2D eigenvalue weighted by atomic mass is 9.78. The fraction of sp³-hybridized carbons (Fsp3) is 0.241. The Hall–Kier alpha value is -3.86. The SMILES string of the molecule is CCC(=O)N1c2ccccc2NC2=C(C(=O)C[C@@H](c3ccc(OC)cc3)C2)[C@H]1c1ccccc1. The molecule has 0 radical (unpaired) electrons. The van der Waals surface area contributed by atoms with Crippen LogP contribution in [0.15, 0.2) is 90.1 Å². The number of carbonyl (C=O) groups is 2. The van der Waals surface area contributed by atoms with Crippen molar-refractivity contribution >= 4 is 23.1 Å². The fourth-order valence-electron chi connectivity index (χ4n) is 5.10. The van der Waals surface area contributed by atoms with E-state index in [9.17, 15) is 9.59 Å². The number of nitrogens with one attached hydrogen (secondary N) is 1. The summed E-state index contributed by atoms with van der Waals surface area (Å²) in [5, 5.41) is 3.56. The monoisotopic (exact) mass is 452 g/mol. The zero-order valence-corrected chi connectivity index (χ0v) is 19.5. The first-order valence-electron chi connectivity index (χ1n) is 11.7. The Balaban J connectivity index is 1.66. The molecule has 2 atom stereocenters. The Kier molecular flexibility index (Phi) is 5.93. The Bertz CT molecular complexity index is 1250. The van der Waals surface area contributed by atoms with Crippen LogP contribution in [0.1, 0.15) is 49.3 Å². The topological polar surface area (TPSA) is 58.6 Å². The molecule has 1 aliphatic carbocycles. The number of ketones is 1. The zero-order valence-electron chi connectivity index (χ0n) is 19.5. The van der Waals surface area contributed by atoms with Gasteiger partial charge < -0.3 is 10.1 Å². The maximum atomic E-state index is 13.8. The van der Waals surface area contributed by atoms with Crippen molar-refractivity contribution in [2.45, 2.75) is 38.1 Å². The molecule has 5 nitrogen and oxygen atoms in total. The number of allylic oxidation sites excluding steroid dienone is 1. The lowest BCUT2D eigenvalue weighted by molar-refractivity contribution is -0.119. The van der Waals surface area contributed by atoms with Crippen LogP contribution in [0.4, 0.5) is 11.4 Å². The number of Topliss-reactive ketones (excluding diaryl/α,β-unsaturated/α-hetero) is 1. The number of amides is 1. The third-order valence-electron chi connectivity index (χ3n) is 6.76. The number of fused-ring (bicyclic) bond motifs is 1. The van der Waals surface area contributed by atoms with Crippen molar-refractivity contribution in [2.75, 3.05) is 17.3 Å². The van der Waals surface area contributed by atoms with E-state index in [1.807, 2.05) is 90.7 Å². The summed E-state index contributed by atoms with van der Waals surface area (Å²) in [4.78, 5) is 29.0. The summed E-state index contributed by atoms with van der Waals surface area (Å²) in [7, 11) is 1.65. The molecule has 0 saturated heterocycles. The van der Waals surface area contributed by atoms with Crippen LogP contribution in [0.2, 0.25) is 0 Å². The molecule has 1 heterocycles. The van der Waals surface area contributed by atoms with Gasteiger partial charge >= 0.3 is 0 Å². The highest BCUT2D eigenvalue weighted by Crippen LogP contribution is 2.47. The van der Waals surface area contributed by atoms with Crippen LogP contribution in [0, 0.1) is 0 Å². The molecule has 0 fully saturated rings. The number of ether oxygens (including phenoxy) is 1. The summed E-state index contributed by atoms with van der Waals surface area (Å²) < 4.78 is 5.30. The largest absolute Gasteiger partial charge is 0.497 e. The maximum absolute atomic E-state index is 13.8. The van der Waals surface area contributed by atoms with Crippen molar-refractivity contribution in [1.29, 1.82) is 0 Å². The molecule has 5 rings (SSSR count). The van der Waals surface area contributed by atoms with Gasteiger partial charge in [0.25, 0.3) is 0 Å². The number of methoxy groups -OCH3 is 1. The van der Waals surface area contributed by atoms with Crippen molar-refractivity contribution in [3.05, 3.63) is 101 Å². The van der Waals surface area contributed by atoms with Gasteiger partial charge in [-0.25, -0.2) is 0 Å². The van der Waals surface area contributed by atoms with Crippen LogP contribution in [0.3, 0.4) is 0 Å². The molecule has 0 spiro atoms. The lowest BCUT2D eigenvalue weighted by Gasteiger charge is -2.35. The van der Waals surface area contributed by atoms with Crippen LogP contribution >= 0.6 is 0 Å². The molecule has 0 unspecified atom stereocenters. The number of para-hydroxylation sites is 2. The summed E-state index contributed by atoms with van der Waals surface area (Å²) in [6.07, 6.45) is 1.45. The summed E-state index contributed by atoms with van der Waals surface area (Å²) >= 11 is 0. The molecule has 0 aromatic heterocycles. The number of rotatable bonds is 4. The van der Waals surface area contributed by atoms with E-state index in [0.717, 1.165) is 33.9 Å². The quantitative estimate of drug-likeness (QED) is 0.527. The second-order valence-electron chi connectivity index (χ2n) is 8.77. The van der Waals surface area contributed by atoms with Crippen molar-refractivity contribution in [3.63, 3.8) is 0 Å². The second-order valence-corrected chi connectivity index (χ2v) is 8.77. The molecule has 3 aromatic rings. The van der Waals surface area contributed by atoms with Gasteiger partial charge in [-0.15, -0.1) is 0 Å². The Morgan fingerprint density at radius 2 is 1.65 bits per heavy atom. The van der Waals surface area contributed by atoms with Crippen LogP contribution in [0.5, 0.6) is 5.75 Å². The molecule has 1 amide bonds. The normalized spacial score (nSPS) is 19.6. The van der Waals surface area contributed by atoms with Gasteiger partial charge in [-0.2, -0.15) is 0 Å². The Labute approximate surface area is 200 Å². The molecular weight excluding hydrogens is 424 g/mol. The average molecular weight is 453 g/mol. The lowest BCUT2D eigenvalue weighted by Crippen LogP contribution is -2.38. The van der Waals surface area contributed by atoms with Crippen LogP contribution in [0.25, 0.3) is 0 Å². The smallest absolute Gasteiger partial charge is 0.227 e. The van der Waals surface area contributed by atoms with Gasteiger partial charge in [0.1, 0.15) is 5.75 Å². The highest BCUT2D eigenvalue weighted by Gasteiger charge is 2.41. The molecule has 0 saturated carbocycles. The summed E-state index contributed by atoms with van der Waals surface area (Å²) in [5.74, 6) is 0.916. The summed E-state index contributed by atoms with van der Waals surface area (Å²) in [5.41, 5.74) is 5.27. The van der Waals surface area contributed by atoms with E-state index < -0.39 is 6.04 Å². The highest BCUT2D eigenvalue weighted by atomic mass is 16.5. The number of hydrogen-bond donors (Lipinski definition) is 1. The van der Waals surface area contributed by atoms with Gasteiger partial charge in [0, 0.05) is 24.1 Å². The van der Waals surface area contributed by atoms with Crippen LogP contribution in [-0.2, 0) is 9.59 Å². The van der Waals surface area contributed by atoms with Gasteiger partial charge in [0.15, 0.2) is 5.78 Å². The Morgan fingerprint density at radius 3 is 2.35 bits per heavy atom. The third kappa shape index (κ3) is 3.87. The number of nitrogens with zero attached hydrogens (tertiary/aromatic N) is 1.